The molecular formula is C14H18N2OS. The molecule has 1 fully saturated rings. The van der Waals surface area contributed by atoms with Crippen LogP contribution in [0.2, 0.25) is 0 Å². The first-order valence-electron chi connectivity index (χ1n) is 6.57. The fraction of sp³-hybridized carbons (Fsp3) is 0.500. The normalized spacial score (nSPS) is 16.7. The van der Waals surface area contributed by atoms with Crippen molar-refractivity contribution in [2.24, 2.45) is 0 Å². The molecule has 2 heterocycles. The zero-order valence-corrected chi connectivity index (χ0v) is 11.5. The number of aromatic nitrogens is 1. The second kappa shape index (κ2) is 4.86. The summed E-state index contributed by atoms with van der Waals surface area (Å²) in [6, 6.07) is 6.13. The van der Waals surface area contributed by atoms with Crippen molar-refractivity contribution in [2.75, 3.05) is 19.6 Å². The molecule has 1 saturated heterocycles. The average Bonchev–Trinajstić information content (AvgIpc) is 2.97. The number of benzene rings is 1. The highest BCUT2D eigenvalue weighted by molar-refractivity contribution is 7.13. The van der Waals surface area contributed by atoms with E-state index in [1.807, 2.05) is 16.9 Å². The summed E-state index contributed by atoms with van der Waals surface area (Å²) in [7, 11) is 0. The molecule has 0 bridgehead atoms. The molecule has 0 atom stereocenters. The van der Waals surface area contributed by atoms with E-state index in [9.17, 15) is 4.79 Å². The van der Waals surface area contributed by atoms with Gasteiger partial charge in [-0.05, 0) is 45.0 Å². The highest BCUT2D eigenvalue weighted by Gasteiger charge is 2.13. The van der Waals surface area contributed by atoms with Crippen molar-refractivity contribution in [3.8, 4) is 0 Å². The van der Waals surface area contributed by atoms with E-state index in [0.717, 1.165) is 28.7 Å². The molecule has 96 valence electrons. The quantitative estimate of drug-likeness (QED) is 0.849. The molecule has 1 aliphatic heterocycles. The Bertz CT molecular complexity index is 608. The van der Waals surface area contributed by atoms with Crippen LogP contribution in [0.15, 0.2) is 23.0 Å². The van der Waals surface area contributed by atoms with Gasteiger partial charge in [-0.15, -0.1) is 0 Å². The van der Waals surface area contributed by atoms with Gasteiger partial charge < -0.3 is 4.90 Å². The van der Waals surface area contributed by atoms with Gasteiger partial charge in [0.25, 0.3) is 5.56 Å². The number of fused-ring (bicyclic) bond motifs is 1. The summed E-state index contributed by atoms with van der Waals surface area (Å²) in [5.41, 5.74) is 1.34. The molecule has 2 aromatic rings. The lowest BCUT2D eigenvalue weighted by atomic mass is 10.2. The van der Waals surface area contributed by atoms with Crippen LogP contribution in [0.5, 0.6) is 0 Å². The maximum absolute atomic E-state index is 12.2. The van der Waals surface area contributed by atoms with Crippen LogP contribution in [0.1, 0.15) is 18.4 Å². The van der Waals surface area contributed by atoms with Gasteiger partial charge in [-0.1, -0.05) is 23.2 Å². The lowest BCUT2D eigenvalue weighted by Gasteiger charge is -2.13. The molecule has 0 spiro atoms. The van der Waals surface area contributed by atoms with Crippen molar-refractivity contribution in [2.45, 2.75) is 26.3 Å². The third-order valence-electron chi connectivity index (χ3n) is 3.62. The van der Waals surface area contributed by atoms with Gasteiger partial charge in [-0.25, -0.2) is 0 Å². The van der Waals surface area contributed by atoms with Crippen LogP contribution in [-0.4, -0.2) is 28.5 Å². The Labute approximate surface area is 111 Å². The summed E-state index contributed by atoms with van der Waals surface area (Å²) in [6.07, 6.45) is 2.61. The summed E-state index contributed by atoms with van der Waals surface area (Å²) in [5, 5.41) is 0.876. The first-order valence-corrected chi connectivity index (χ1v) is 7.34. The van der Waals surface area contributed by atoms with Gasteiger partial charge in [0.15, 0.2) is 0 Å². The van der Waals surface area contributed by atoms with E-state index in [4.69, 9.17) is 0 Å². The lowest BCUT2D eigenvalue weighted by molar-refractivity contribution is 0.326. The van der Waals surface area contributed by atoms with E-state index < -0.39 is 0 Å². The molecular weight excluding hydrogens is 244 g/mol. The van der Waals surface area contributed by atoms with Crippen molar-refractivity contribution in [1.82, 2.24) is 8.86 Å². The third kappa shape index (κ3) is 2.22. The Balaban J connectivity index is 1.83. The molecule has 0 amide bonds. The summed E-state index contributed by atoms with van der Waals surface area (Å²) in [6.45, 7) is 6.26. The Hall–Kier alpha value is -1.13. The van der Waals surface area contributed by atoms with Crippen LogP contribution >= 0.6 is 11.5 Å². The molecule has 1 aromatic heterocycles. The van der Waals surface area contributed by atoms with Gasteiger partial charge >= 0.3 is 0 Å². The number of hydrogen-bond acceptors (Lipinski definition) is 3. The van der Waals surface area contributed by atoms with Crippen LogP contribution in [0, 0.1) is 6.92 Å². The fourth-order valence-corrected chi connectivity index (χ4v) is 3.54. The molecule has 3 rings (SSSR count). The fourth-order valence-electron chi connectivity index (χ4n) is 2.57. The minimum absolute atomic E-state index is 0.179. The zero-order chi connectivity index (χ0) is 12.5. The predicted octanol–water partition coefficient (Wildman–Crippen LogP) is 2.47. The summed E-state index contributed by atoms with van der Waals surface area (Å²) in [4.78, 5) is 14.7. The van der Waals surface area contributed by atoms with Gasteiger partial charge in [-0.3, -0.25) is 8.75 Å². The Morgan fingerprint density at radius 3 is 2.78 bits per heavy atom. The first kappa shape index (κ1) is 11.9. The summed E-state index contributed by atoms with van der Waals surface area (Å²) < 4.78 is 3.01. The van der Waals surface area contributed by atoms with Gasteiger partial charge in [0.2, 0.25) is 0 Å². The van der Waals surface area contributed by atoms with Gasteiger partial charge in [0.05, 0.1) is 10.1 Å². The first-order chi connectivity index (χ1) is 8.74. The standard InChI is InChI=1S/C14H18N2OS/c1-11-4-5-13-12(10-11)14(17)16(18-13)9-8-15-6-2-3-7-15/h4-5,10H,2-3,6-9H2,1H3. The van der Waals surface area contributed by atoms with Crippen molar-refractivity contribution < 1.29 is 0 Å². The minimum Gasteiger partial charge on any atom is -0.302 e. The number of nitrogens with zero attached hydrogens (tertiary/aromatic N) is 2. The Kier molecular flexibility index (Phi) is 3.22. The van der Waals surface area contributed by atoms with Crippen LogP contribution in [0.25, 0.3) is 10.1 Å². The summed E-state index contributed by atoms with van der Waals surface area (Å²) in [5.74, 6) is 0. The second-order valence-corrected chi connectivity index (χ2v) is 6.11. The van der Waals surface area contributed by atoms with E-state index >= 15 is 0 Å². The topological polar surface area (TPSA) is 25.2 Å². The van der Waals surface area contributed by atoms with E-state index in [1.54, 1.807) is 11.5 Å². The molecule has 0 aliphatic carbocycles. The number of hydrogen-bond donors (Lipinski definition) is 0. The average molecular weight is 262 g/mol. The molecule has 0 radical (unpaired) electrons. The highest BCUT2D eigenvalue weighted by Crippen LogP contribution is 2.18. The van der Waals surface area contributed by atoms with Crippen molar-refractivity contribution in [3.05, 3.63) is 34.1 Å². The van der Waals surface area contributed by atoms with Gasteiger partial charge in [0, 0.05) is 13.1 Å². The van der Waals surface area contributed by atoms with Crippen LogP contribution in [0.3, 0.4) is 0 Å². The Morgan fingerprint density at radius 2 is 2.00 bits per heavy atom. The van der Waals surface area contributed by atoms with E-state index in [2.05, 4.69) is 17.0 Å². The lowest BCUT2D eigenvalue weighted by Crippen LogP contribution is -2.26. The monoisotopic (exact) mass is 262 g/mol. The number of aryl methyl sites for hydroxylation is 1. The molecule has 4 heteroatoms. The van der Waals surface area contributed by atoms with Gasteiger partial charge in [0.1, 0.15) is 0 Å². The highest BCUT2D eigenvalue weighted by atomic mass is 32.1. The molecule has 1 aromatic carbocycles. The predicted molar refractivity (Wildman–Crippen MR) is 76.5 cm³/mol. The molecule has 18 heavy (non-hydrogen) atoms. The largest absolute Gasteiger partial charge is 0.302 e. The molecule has 0 saturated carbocycles. The smallest absolute Gasteiger partial charge is 0.268 e. The van der Waals surface area contributed by atoms with Crippen molar-refractivity contribution in [1.29, 1.82) is 0 Å². The van der Waals surface area contributed by atoms with Gasteiger partial charge in [-0.2, -0.15) is 0 Å². The number of rotatable bonds is 3. The zero-order valence-electron chi connectivity index (χ0n) is 10.7. The number of likely N-dealkylation sites (tertiary alicyclic amines) is 1. The molecule has 3 nitrogen and oxygen atoms in total. The summed E-state index contributed by atoms with van der Waals surface area (Å²) >= 11 is 1.59. The minimum atomic E-state index is 0.179. The van der Waals surface area contributed by atoms with Crippen molar-refractivity contribution in [3.63, 3.8) is 0 Å². The second-order valence-electron chi connectivity index (χ2n) is 5.05. The molecule has 0 N–H and O–H groups in total. The molecule has 0 unspecified atom stereocenters. The SMILES string of the molecule is Cc1ccc2sn(CCN3CCCC3)c(=O)c2c1. The Morgan fingerprint density at radius 1 is 1.22 bits per heavy atom. The van der Waals surface area contributed by atoms with Crippen LogP contribution < -0.4 is 5.56 Å². The maximum Gasteiger partial charge on any atom is 0.268 e. The van der Waals surface area contributed by atoms with Crippen molar-refractivity contribution >= 4 is 21.6 Å². The third-order valence-corrected chi connectivity index (χ3v) is 4.74. The van der Waals surface area contributed by atoms with E-state index in [-0.39, 0.29) is 5.56 Å². The van der Waals surface area contributed by atoms with Crippen LogP contribution in [-0.2, 0) is 6.54 Å². The van der Waals surface area contributed by atoms with E-state index in [1.165, 1.54) is 25.9 Å². The molecule has 1 aliphatic rings. The van der Waals surface area contributed by atoms with E-state index in [0.29, 0.717) is 0 Å². The maximum atomic E-state index is 12.2. The van der Waals surface area contributed by atoms with Crippen LogP contribution in [0.4, 0.5) is 0 Å².